The smallest absolute Gasteiger partial charge is 0.319 e. The summed E-state index contributed by atoms with van der Waals surface area (Å²) >= 11 is 3.03. The third-order valence-electron chi connectivity index (χ3n) is 4.57. The van der Waals surface area contributed by atoms with Crippen LogP contribution >= 0.6 is 23.1 Å². The van der Waals surface area contributed by atoms with Gasteiger partial charge in [0.1, 0.15) is 11.9 Å². The van der Waals surface area contributed by atoms with Gasteiger partial charge in [-0.2, -0.15) is 0 Å². The first-order valence-electron chi connectivity index (χ1n) is 9.03. The zero-order chi connectivity index (χ0) is 18.8. The lowest BCUT2D eigenvalue weighted by atomic mass is 10.0. The molecule has 0 aliphatic heterocycles. The van der Waals surface area contributed by atoms with Crippen LogP contribution in [-0.2, 0) is 29.0 Å². The quantitative estimate of drug-likeness (QED) is 0.481. The summed E-state index contributed by atoms with van der Waals surface area (Å²) in [6, 6.07) is 11.2. The number of carbonyl (C=O) groups is 1. The van der Waals surface area contributed by atoms with E-state index in [0.717, 1.165) is 36.3 Å². The molecule has 2 heterocycles. The van der Waals surface area contributed by atoms with Crippen molar-refractivity contribution in [1.82, 2.24) is 9.38 Å². The molecule has 7 heteroatoms. The Morgan fingerprint density at radius 3 is 2.89 bits per heavy atom. The molecular weight excluding hydrogens is 380 g/mol. The van der Waals surface area contributed by atoms with Gasteiger partial charge in [-0.25, -0.2) is 4.98 Å². The van der Waals surface area contributed by atoms with E-state index in [1.54, 1.807) is 15.7 Å². The molecule has 0 amide bonds. The highest BCUT2D eigenvalue weighted by Crippen LogP contribution is 2.28. The number of nitrogens with zero attached hydrogens (tertiary/aromatic N) is 2. The van der Waals surface area contributed by atoms with E-state index in [0.29, 0.717) is 10.7 Å². The van der Waals surface area contributed by atoms with Crippen molar-refractivity contribution in [1.29, 1.82) is 0 Å². The van der Waals surface area contributed by atoms with Crippen molar-refractivity contribution in [2.75, 3.05) is 0 Å². The monoisotopic (exact) mass is 400 g/mol. The fraction of sp³-hybridized carbons (Fsp3) is 0.350. The lowest BCUT2D eigenvalue weighted by Gasteiger charge is -2.11. The molecule has 3 aromatic rings. The Hall–Kier alpha value is -2.12. The number of aromatic nitrogens is 2. The van der Waals surface area contributed by atoms with E-state index in [-0.39, 0.29) is 23.4 Å². The van der Waals surface area contributed by atoms with Crippen LogP contribution in [0, 0.1) is 0 Å². The number of esters is 1. The molecule has 0 saturated heterocycles. The number of carbonyl (C=O) groups excluding carboxylic acids is 1. The third-order valence-corrected chi connectivity index (χ3v) is 6.80. The summed E-state index contributed by atoms with van der Waals surface area (Å²) in [6.07, 6.45) is 4.22. The highest BCUT2D eigenvalue weighted by atomic mass is 32.2. The molecule has 0 saturated carbocycles. The van der Waals surface area contributed by atoms with Crippen LogP contribution in [0.1, 0.15) is 36.0 Å². The molecule has 1 atom stereocenters. The lowest BCUT2D eigenvalue weighted by Crippen LogP contribution is -2.20. The number of benzene rings is 1. The molecule has 0 fully saturated rings. The minimum Gasteiger partial charge on any atom is -0.458 e. The first-order chi connectivity index (χ1) is 13.1. The number of fused-ring (bicyclic) bond motifs is 3. The van der Waals surface area contributed by atoms with Gasteiger partial charge in [-0.3, -0.25) is 14.0 Å². The number of rotatable bonds is 5. The molecule has 0 N–H and O–H groups in total. The average molecular weight is 401 g/mol. The Labute approximate surface area is 165 Å². The van der Waals surface area contributed by atoms with Crippen molar-refractivity contribution in [3.05, 3.63) is 63.0 Å². The van der Waals surface area contributed by atoms with Crippen molar-refractivity contribution >= 4 is 34.0 Å². The molecule has 0 unspecified atom stereocenters. The molecule has 1 aliphatic rings. The number of ether oxygens (including phenoxy) is 1. The second-order valence-corrected chi connectivity index (χ2v) is 9.04. The van der Waals surface area contributed by atoms with Gasteiger partial charge in [0, 0.05) is 21.5 Å². The van der Waals surface area contributed by atoms with Gasteiger partial charge in [0.15, 0.2) is 4.96 Å². The van der Waals surface area contributed by atoms with Crippen molar-refractivity contribution in [3.8, 4) is 0 Å². The number of hydrogen-bond acceptors (Lipinski definition) is 6. The normalized spacial score (nSPS) is 14.7. The Morgan fingerprint density at radius 2 is 2.07 bits per heavy atom. The standard InChI is InChI=1S/C20H20N2O3S2/c1-13(26-15-7-3-2-4-8-15)19(24)25-12-14-11-18(23)22-16-9-5-6-10-17(16)27-20(22)21-14/h2-4,7-8,11,13H,5-6,9-10,12H2,1H3/t13-/m0/s1. The van der Waals surface area contributed by atoms with Gasteiger partial charge in [0.05, 0.1) is 5.69 Å². The van der Waals surface area contributed by atoms with Crippen molar-refractivity contribution in [3.63, 3.8) is 0 Å². The lowest BCUT2D eigenvalue weighted by molar-refractivity contribution is -0.144. The predicted molar refractivity (Wildman–Crippen MR) is 108 cm³/mol. The SMILES string of the molecule is C[C@H](Sc1ccccc1)C(=O)OCc1cc(=O)n2c3c(sc2n1)CCCC3. The van der Waals surface area contributed by atoms with Crippen LogP contribution < -0.4 is 5.56 Å². The maximum absolute atomic E-state index is 12.5. The Morgan fingerprint density at radius 1 is 1.30 bits per heavy atom. The highest BCUT2D eigenvalue weighted by molar-refractivity contribution is 8.00. The Bertz CT molecular complexity index is 1030. The topological polar surface area (TPSA) is 60.7 Å². The van der Waals surface area contributed by atoms with Gasteiger partial charge < -0.3 is 4.74 Å². The highest BCUT2D eigenvalue weighted by Gasteiger charge is 2.20. The summed E-state index contributed by atoms with van der Waals surface area (Å²) in [5.41, 5.74) is 1.52. The number of thiazole rings is 1. The molecule has 5 nitrogen and oxygen atoms in total. The summed E-state index contributed by atoms with van der Waals surface area (Å²) in [7, 11) is 0. The van der Waals surface area contributed by atoms with Crippen LogP contribution in [0.5, 0.6) is 0 Å². The van der Waals surface area contributed by atoms with Crippen LogP contribution in [0.15, 0.2) is 46.1 Å². The number of hydrogen-bond donors (Lipinski definition) is 0. The second-order valence-electron chi connectivity index (χ2n) is 6.56. The van der Waals surface area contributed by atoms with Gasteiger partial charge in [0.25, 0.3) is 5.56 Å². The summed E-state index contributed by atoms with van der Waals surface area (Å²) < 4.78 is 7.12. The van der Waals surface area contributed by atoms with E-state index in [9.17, 15) is 9.59 Å². The Balaban J connectivity index is 1.46. The fourth-order valence-electron chi connectivity index (χ4n) is 3.23. The van der Waals surface area contributed by atoms with Crippen LogP contribution in [0.25, 0.3) is 4.96 Å². The first kappa shape index (κ1) is 18.3. The summed E-state index contributed by atoms with van der Waals surface area (Å²) in [4.78, 5) is 32.3. The summed E-state index contributed by atoms with van der Waals surface area (Å²) in [5, 5.41) is -0.328. The summed E-state index contributed by atoms with van der Waals surface area (Å²) in [5.74, 6) is -0.309. The molecule has 1 aromatic carbocycles. The average Bonchev–Trinajstić information content (AvgIpc) is 3.05. The Kier molecular flexibility index (Phi) is 5.31. The second kappa shape index (κ2) is 7.86. The first-order valence-corrected chi connectivity index (χ1v) is 10.7. The van der Waals surface area contributed by atoms with E-state index in [4.69, 9.17) is 4.74 Å². The van der Waals surface area contributed by atoms with Gasteiger partial charge in [-0.1, -0.05) is 18.2 Å². The van der Waals surface area contributed by atoms with Crippen LogP contribution in [0.4, 0.5) is 0 Å². The molecule has 4 rings (SSSR count). The minimum atomic E-state index is -0.328. The molecule has 1 aliphatic carbocycles. The molecule has 2 aromatic heterocycles. The summed E-state index contributed by atoms with van der Waals surface area (Å²) in [6.45, 7) is 1.84. The van der Waals surface area contributed by atoms with Crippen LogP contribution in [0.2, 0.25) is 0 Å². The van der Waals surface area contributed by atoms with E-state index in [1.807, 2.05) is 37.3 Å². The fourth-order valence-corrected chi connectivity index (χ4v) is 5.35. The van der Waals surface area contributed by atoms with Gasteiger partial charge >= 0.3 is 5.97 Å². The van der Waals surface area contributed by atoms with E-state index < -0.39 is 0 Å². The zero-order valence-electron chi connectivity index (χ0n) is 15.0. The third kappa shape index (κ3) is 3.94. The zero-order valence-corrected chi connectivity index (χ0v) is 16.6. The van der Waals surface area contributed by atoms with Crippen molar-refractivity contribution in [2.45, 2.75) is 49.4 Å². The van der Waals surface area contributed by atoms with E-state index >= 15 is 0 Å². The predicted octanol–water partition coefficient (Wildman–Crippen LogP) is 3.86. The molecule has 140 valence electrons. The maximum atomic E-state index is 12.5. The van der Waals surface area contributed by atoms with Crippen LogP contribution in [0.3, 0.4) is 0 Å². The molecule has 0 spiro atoms. The van der Waals surface area contributed by atoms with Crippen molar-refractivity contribution < 1.29 is 9.53 Å². The van der Waals surface area contributed by atoms with Crippen molar-refractivity contribution in [2.24, 2.45) is 0 Å². The number of aryl methyl sites for hydroxylation is 2. The molecule has 0 radical (unpaired) electrons. The molecule has 27 heavy (non-hydrogen) atoms. The number of thioether (sulfide) groups is 1. The van der Waals surface area contributed by atoms with E-state index in [2.05, 4.69) is 4.98 Å². The molecule has 0 bridgehead atoms. The maximum Gasteiger partial charge on any atom is 0.319 e. The van der Waals surface area contributed by atoms with Gasteiger partial charge in [-0.15, -0.1) is 23.1 Å². The van der Waals surface area contributed by atoms with Crippen LogP contribution in [-0.4, -0.2) is 20.6 Å². The molecular formula is C20H20N2O3S2. The van der Waals surface area contributed by atoms with E-state index in [1.165, 1.54) is 22.7 Å². The van der Waals surface area contributed by atoms with Gasteiger partial charge in [0.2, 0.25) is 0 Å². The minimum absolute atomic E-state index is 0.0207. The van der Waals surface area contributed by atoms with Gasteiger partial charge in [-0.05, 0) is 44.7 Å². The largest absolute Gasteiger partial charge is 0.458 e.